The molecule has 3 rings (SSSR count). The number of rotatable bonds is 4. The lowest BCUT2D eigenvalue weighted by Gasteiger charge is -2.11. The van der Waals surface area contributed by atoms with E-state index in [0.717, 1.165) is 28.1 Å². The molecule has 1 aromatic heterocycles. The van der Waals surface area contributed by atoms with E-state index in [-0.39, 0.29) is 5.91 Å². The van der Waals surface area contributed by atoms with Crippen molar-refractivity contribution in [3.05, 3.63) is 76.1 Å². The van der Waals surface area contributed by atoms with Gasteiger partial charge in [-0.25, -0.2) is 9.97 Å². The average Bonchev–Trinajstić information content (AvgIpc) is 2.58. The van der Waals surface area contributed by atoms with Crippen molar-refractivity contribution >= 4 is 34.8 Å². The molecule has 1 heterocycles. The van der Waals surface area contributed by atoms with Crippen molar-refractivity contribution in [2.24, 2.45) is 0 Å². The molecule has 5 nitrogen and oxygen atoms in total. The summed E-state index contributed by atoms with van der Waals surface area (Å²) in [5, 5.41) is 6.54. The molecule has 0 bridgehead atoms. The van der Waals surface area contributed by atoms with Crippen LogP contribution in [0.4, 0.5) is 17.3 Å². The van der Waals surface area contributed by atoms with E-state index < -0.39 is 0 Å². The van der Waals surface area contributed by atoms with Crippen molar-refractivity contribution in [1.29, 1.82) is 0 Å². The summed E-state index contributed by atoms with van der Waals surface area (Å²) in [4.78, 5) is 20.7. The van der Waals surface area contributed by atoms with Crippen LogP contribution in [0.25, 0.3) is 0 Å². The molecule has 2 N–H and O–H groups in total. The van der Waals surface area contributed by atoms with Gasteiger partial charge in [-0.3, -0.25) is 4.79 Å². The molecule has 0 spiro atoms. The number of nitrogens with zero attached hydrogens (tertiary/aromatic N) is 2. The van der Waals surface area contributed by atoms with Crippen LogP contribution in [-0.4, -0.2) is 15.9 Å². The first-order valence-corrected chi connectivity index (χ1v) is 8.54. The summed E-state index contributed by atoms with van der Waals surface area (Å²) in [6.45, 7) is 5.92. The van der Waals surface area contributed by atoms with Gasteiger partial charge in [-0.15, -0.1) is 0 Å². The Kier molecular flexibility index (Phi) is 5.19. The number of hydrogen-bond acceptors (Lipinski definition) is 4. The van der Waals surface area contributed by atoms with Gasteiger partial charge in [-0.2, -0.15) is 0 Å². The Labute approximate surface area is 157 Å². The lowest BCUT2D eigenvalue weighted by molar-refractivity contribution is 0.102. The molecule has 0 atom stereocenters. The average molecular weight is 367 g/mol. The van der Waals surface area contributed by atoms with E-state index in [1.165, 1.54) is 12.4 Å². The molecule has 2 aromatic carbocycles. The van der Waals surface area contributed by atoms with Crippen molar-refractivity contribution in [2.75, 3.05) is 10.6 Å². The number of anilines is 3. The third-order valence-electron chi connectivity index (χ3n) is 3.86. The molecule has 0 aliphatic rings. The SMILES string of the molecule is Cc1cccc(NC(=O)c2cnc(Nc3c(C)cc(C)cc3Cl)nc2)c1. The molecule has 0 radical (unpaired) electrons. The maximum absolute atomic E-state index is 12.3. The number of halogens is 1. The van der Waals surface area contributed by atoms with Gasteiger partial charge in [0.15, 0.2) is 0 Å². The third kappa shape index (κ3) is 4.18. The van der Waals surface area contributed by atoms with Crippen LogP contribution in [-0.2, 0) is 0 Å². The molecular weight excluding hydrogens is 348 g/mol. The van der Waals surface area contributed by atoms with E-state index in [1.54, 1.807) is 0 Å². The van der Waals surface area contributed by atoms with Gasteiger partial charge in [0.05, 0.1) is 16.3 Å². The summed E-state index contributed by atoms with van der Waals surface area (Å²) < 4.78 is 0. The summed E-state index contributed by atoms with van der Waals surface area (Å²) in [5.41, 5.74) is 5.03. The molecule has 3 aromatic rings. The number of aromatic nitrogens is 2. The van der Waals surface area contributed by atoms with Crippen LogP contribution in [0.1, 0.15) is 27.0 Å². The molecule has 0 aliphatic heterocycles. The molecule has 0 fully saturated rings. The normalized spacial score (nSPS) is 10.5. The Morgan fingerprint density at radius 2 is 1.73 bits per heavy atom. The Hall–Kier alpha value is -2.92. The molecule has 0 saturated carbocycles. The number of benzene rings is 2. The van der Waals surface area contributed by atoms with Crippen molar-refractivity contribution in [2.45, 2.75) is 20.8 Å². The second-order valence-corrected chi connectivity index (χ2v) is 6.59. The molecule has 132 valence electrons. The zero-order chi connectivity index (χ0) is 18.7. The van der Waals surface area contributed by atoms with Crippen molar-refractivity contribution < 1.29 is 4.79 Å². The largest absolute Gasteiger partial charge is 0.323 e. The fourth-order valence-electron chi connectivity index (χ4n) is 2.62. The smallest absolute Gasteiger partial charge is 0.258 e. The highest BCUT2D eigenvalue weighted by molar-refractivity contribution is 6.33. The van der Waals surface area contributed by atoms with Crippen molar-refractivity contribution in [1.82, 2.24) is 9.97 Å². The summed E-state index contributed by atoms with van der Waals surface area (Å²) in [6, 6.07) is 11.5. The van der Waals surface area contributed by atoms with Gasteiger partial charge in [0.2, 0.25) is 5.95 Å². The van der Waals surface area contributed by atoms with Gasteiger partial charge in [0.1, 0.15) is 0 Å². The van der Waals surface area contributed by atoms with Crippen LogP contribution >= 0.6 is 11.6 Å². The summed E-state index contributed by atoms with van der Waals surface area (Å²) in [7, 11) is 0. The van der Waals surface area contributed by atoms with E-state index in [2.05, 4.69) is 20.6 Å². The first-order valence-electron chi connectivity index (χ1n) is 8.16. The highest BCUT2D eigenvalue weighted by atomic mass is 35.5. The summed E-state index contributed by atoms with van der Waals surface area (Å²) in [6.07, 6.45) is 2.97. The van der Waals surface area contributed by atoms with Crippen LogP contribution in [0.2, 0.25) is 5.02 Å². The van der Waals surface area contributed by atoms with Gasteiger partial charge in [0.25, 0.3) is 5.91 Å². The number of nitrogens with one attached hydrogen (secondary N) is 2. The predicted octanol–water partition coefficient (Wildman–Crippen LogP) is 5.05. The molecule has 1 amide bonds. The molecule has 26 heavy (non-hydrogen) atoms. The zero-order valence-electron chi connectivity index (χ0n) is 14.8. The number of carbonyl (C=O) groups excluding carboxylic acids is 1. The standard InChI is InChI=1S/C20H19ClN4O/c1-12-5-4-6-16(8-12)24-19(26)15-10-22-20(23-11-15)25-18-14(3)7-13(2)9-17(18)21/h4-11H,1-3H3,(H,24,26)(H,22,23,25). The Morgan fingerprint density at radius 1 is 1.00 bits per heavy atom. The second kappa shape index (κ2) is 7.54. The zero-order valence-corrected chi connectivity index (χ0v) is 15.6. The Balaban J connectivity index is 1.73. The summed E-state index contributed by atoms with van der Waals surface area (Å²) in [5.74, 6) is 0.123. The van der Waals surface area contributed by atoms with E-state index in [0.29, 0.717) is 16.5 Å². The van der Waals surface area contributed by atoms with Crippen molar-refractivity contribution in [3.8, 4) is 0 Å². The van der Waals surface area contributed by atoms with E-state index in [9.17, 15) is 4.79 Å². The van der Waals surface area contributed by atoms with Gasteiger partial charge < -0.3 is 10.6 Å². The third-order valence-corrected chi connectivity index (χ3v) is 4.16. The number of amides is 1. The van der Waals surface area contributed by atoms with E-state index in [1.807, 2.05) is 57.2 Å². The van der Waals surface area contributed by atoms with Crippen LogP contribution in [0.5, 0.6) is 0 Å². The molecule has 0 aliphatic carbocycles. The van der Waals surface area contributed by atoms with Crippen LogP contribution in [0, 0.1) is 20.8 Å². The van der Waals surface area contributed by atoms with E-state index >= 15 is 0 Å². The fourth-order valence-corrected chi connectivity index (χ4v) is 2.99. The second-order valence-electron chi connectivity index (χ2n) is 6.18. The topological polar surface area (TPSA) is 66.9 Å². The van der Waals surface area contributed by atoms with E-state index in [4.69, 9.17) is 11.6 Å². The van der Waals surface area contributed by atoms with Crippen LogP contribution in [0.3, 0.4) is 0 Å². The first-order chi connectivity index (χ1) is 12.4. The number of aryl methyl sites for hydroxylation is 3. The fraction of sp³-hybridized carbons (Fsp3) is 0.150. The minimum atomic E-state index is -0.258. The van der Waals surface area contributed by atoms with Gasteiger partial charge in [-0.05, 0) is 55.7 Å². The van der Waals surface area contributed by atoms with Crippen LogP contribution < -0.4 is 10.6 Å². The maximum atomic E-state index is 12.3. The minimum absolute atomic E-state index is 0.258. The summed E-state index contributed by atoms with van der Waals surface area (Å²) >= 11 is 6.29. The van der Waals surface area contributed by atoms with Gasteiger partial charge >= 0.3 is 0 Å². The van der Waals surface area contributed by atoms with Crippen LogP contribution in [0.15, 0.2) is 48.8 Å². The lowest BCUT2D eigenvalue weighted by atomic mass is 10.1. The van der Waals surface area contributed by atoms with Gasteiger partial charge in [-0.1, -0.05) is 29.8 Å². The maximum Gasteiger partial charge on any atom is 0.258 e. The molecule has 6 heteroatoms. The Morgan fingerprint density at radius 3 is 2.38 bits per heavy atom. The molecule has 0 saturated heterocycles. The molecular formula is C20H19ClN4O. The van der Waals surface area contributed by atoms with Gasteiger partial charge in [0, 0.05) is 18.1 Å². The number of hydrogen-bond donors (Lipinski definition) is 2. The number of carbonyl (C=O) groups is 1. The highest BCUT2D eigenvalue weighted by Gasteiger charge is 2.10. The Bertz CT molecular complexity index is 931. The van der Waals surface area contributed by atoms with Crippen molar-refractivity contribution in [3.63, 3.8) is 0 Å². The quantitative estimate of drug-likeness (QED) is 0.678. The lowest BCUT2D eigenvalue weighted by Crippen LogP contribution is -2.13. The first kappa shape index (κ1) is 17.9. The highest BCUT2D eigenvalue weighted by Crippen LogP contribution is 2.29. The monoisotopic (exact) mass is 366 g/mol. The molecule has 0 unspecified atom stereocenters. The predicted molar refractivity (Wildman–Crippen MR) is 105 cm³/mol. The minimum Gasteiger partial charge on any atom is -0.323 e.